The van der Waals surface area contributed by atoms with Gasteiger partial charge in [0.15, 0.2) is 0 Å². The van der Waals surface area contributed by atoms with E-state index < -0.39 is 126 Å². The molecule has 0 saturated heterocycles. The van der Waals surface area contributed by atoms with Gasteiger partial charge in [0.1, 0.15) is 48.3 Å². The van der Waals surface area contributed by atoms with Crippen LogP contribution in [0.3, 0.4) is 0 Å². The molecule has 0 radical (unpaired) electrons. The number of nitrogens with zero attached hydrogens (tertiary/aromatic N) is 2. The topological polar surface area (TPSA) is 423 Å². The molecular weight excluding hydrogens is 1070 g/mol. The van der Waals surface area contributed by atoms with E-state index in [4.69, 9.17) is 17.2 Å². The van der Waals surface area contributed by atoms with Crippen LogP contribution in [-0.4, -0.2) is 145 Å². The van der Waals surface area contributed by atoms with Gasteiger partial charge in [0.05, 0.1) is 18.7 Å². The number of carbonyl (C=O) groups excluding carboxylic acids is 9. The number of benzene rings is 2. The fourth-order valence-corrected chi connectivity index (χ4v) is 8.76. The third-order valence-electron chi connectivity index (χ3n) is 13.5. The molecule has 0 aliphatic heterocycles. The number of aromatic amines is 2. The fraction of sp³-hybridized carbons (Fsp3) is 0.509. The predicted molar refractivity (Wildman–Crippen MR) is 306 cm³/mol. The van der Waals surface area contributed by atoms with E-state index in [0.717, 1.165) is 0 Å². The second-order valence-corrected chi connectivity index (χ2v) is 21.6. The maximum Gasteiger partial charge on any atom is 0.326 e. The van der Waals surface area contributed by atoms with Crippen molar-refractivity contribution in [2.24, 2.45) is 35.0 Å². The molecule has 0 spiro atoms. The van der Waals surface area contributed by atoms with Gasteiger partial charge in [-0.3, -0.25) is 43.2 Å². The molecular formula is C57H83N15O11. The first-order valence-corrected chi connectivity index (χ1v) is 27.9. The van der Waals surface area contributed by atoms with Gasteiger partial charge < -0.3 is 74.8 Å². The average Bonchev–Trinajstić information content (AvgIpc) is 4.25. The minimum Gasteiger partial charge on any atom is -0.480 e. The Morgan fingerprint density at radius 1 is 0.494 bits per heavy atom. The number of imidazole rings is 2. The molecule has 83 heavy (non-hydrogen) atoms. The molecule has 0 saturated carbocycles. The average molecular weight is 1150 g/mol. The first kappa shape index (κ1) is 67.0. The number of nitrogens with one attached hydrogen (secondary N) is 10. The van der Waals surface area contributed by atoms with Gasteiger partial charge in [0.25, 0.3) is 0 Å². The lowest BCUT2D eigenvalue weighted by molar-refractivity contribution is -0.142. The van der Waals surface area contributed by atoms with Crippen molar-refractivity contribution in [3.8, 4) is 0 Å². The molecule has 452 valence electrons. The summed E-state index contributed by atoms with van der Waals surface area (Å²) in [6, 6.07) is 5.73. The van der Waals surface area contributed by atoms with E-state index in [9.17, 15) is 53.1 Å². The van der Waals surface area contributed by atoms with Gasteiger partial charge in [-0.25, -0.2) is 14.8 Å². The number of carboxylic acids is 1. The van der Waals surface area contributed by atoms with Crippen molar-refractivity contribution in [3.63, 3.8) is 0 Å². The molecule has 0 aliphatic rings. The molecule has 0 fully saturated rings. The predicted octanol–water partition coefficient (Wildman–Crippen LogP) is -0.554. The lowest BCUT2D eigenvalue weighted by Gasteiger charge is -2.29. The van der Waals surface area contributed by atoms with Gasteiger partial charge in [-0.15, -0.1) is 0 Å². The Hall–Kier alpha value is -8.52. The van der Waals surface area contributed by atoms with Crippen molar-refractivity contribution in [1.82, 2.24) is 62.5 Å². The van der Waals surface area contributed by atoms with Gasteiger partial charge in [0.2, 0.25) is 53.2 Å². The largest absolute Gasteiger partial charge is 0.480 e. The summed E-state index contributed by atoms with van der Waals surface area (Å²) in [5.74, 6) is -9.52. The lowest BCUT2D eigenvalue weighted by atomic mass is 9.98. The molecule has 9 atom stereocenters. The summed E-state index contributed by atoms with van der Waals surface area (Å²) >= 11 is 0. The lowest BCUT2D eigenvalue weighted by Crippen LogP contribution is -2.61. The van der Waals surface area contributed by atoms with Crippen LogP contribution in [-0.2, 0) is 73.6 Å². The Bertz CT molecular complexity index is 2730. The van der Waals surface area contributed by atoms with Gasteiger partial charge in [-0.1, -0.05) is 102 Å². The zero-order chi connectivity index (χ0) is 61.2. The van der Waals surface area contributed by atoms with Crippen molar-refractivity contribution in [1.29, 1.82) is 0 Å². The zero-order valence-electron chi connectivity index (χ0n) is 47.9. The van der Waals surface area contributed by atoms with Crippen LogP contribution in [0.25, 0.3) is 0 Å². The molecule has 2 aromatic carbocycles. The third kappa shape index (κ3) is 23.1. The molecule has 0 bridgehead atoms. The van der Waals surface area contributed by atoms with E-state index in [-0.39, 0.29) is 63.3 Å². The normalized spacial score (nSPS) is 14.5. The van der Waals surface area contributed by atoms with Crippen LogP contribution < -0.4 is 59.7 Å². The van der Waals surface area contributed by atoms with Crippen LogP contribution in [0.4, 0.5) is 0 Å². The summed E-state index contributed by atoms with van der Waals surface area (Å²) in [5.41, 5.74) is 19.6. The maximum absolute atomic E-state index is 14.5. The molecule has 17 N–H and O–H groups in total. The van der Waals surface area contributed by atoms with Gasteiger partial charge in [-0.05, 0) is 67.5 Å². The first-order valence-electron chi connectivity index (χ1n) is 27.9. The molecule has 2 aromatic heterocycles. The van der Waals surface area contributed by atoms with E-state index in [1.54, 1.807) is 102 Å². The quantitative estimate of drug-likeness (QED) is 0.0254. The monoisotopic (exact) mass is 1150 g/mol. The number of aromatic nitrogens is 4. The Labute approximate surface area is 483 Å². The molecule has 4 aromatic rings. The van der Waals surface area contributed by atoms with Crippen LogP contribution in [0.5, 0.6) is 0 Å². The van der Waals surface area contributed by atoms with Gasteiger partial charge in [-0.2, -0.15) is 0 Å². The highest BCUT2D eigenvalue weighted by Crippen LogP contribution is 2.14. The third-order valence-corrected chi connectivity index (χ3v) is 13.5. The molecule has 26 heteroatoms. The molecule has 0 unspecified atom stereocenters. The highest BCUT2D eigenvalue weighted by molar-refractivity contribution is 5.98. The van der Waals surface area contributed by atoms with Crippen LogP contribution in [0, 0.1) is 17.8 Å². The number of H-pyrrole nitrogens is 2. The molecule has 0 aliphatic carbocycles. The van der Waals surface area contributed by atoms with Crippen molar-refractivity contribution in [3.05, 3.63) is 108 Å². The van der Waals surface area contributed by atoms with E-state index in [1.807, 2.05) is 0 Å². The Kier molecular flexibility index (Phi) is 27.5. The SMILES string of the molecule is CC(C)C[C@H](NC(=O)[C@H](CCCCN)NC(=O)[C@H](CCC(N)=O)NC(=O)[C@H](Cc1cnc[nH]1)NC(=O)[C@H](Cc1cnc[nH]1)NC(=O)[C@@H](N)C(C)C)C(=O)N[C@H](C(=O)N[C@@H](Cc1ccccc1)C(=O)N[C@@H](Cc1ccccc1)C(=O)O)C(C)C. The number of nitrogens with two attached hydrogens (primary N) is 3. The zero-order valence-corrected chi connectivity index (χ0v) is 47.9. The van der Waals surface area contributed by atoms with E-state index >= 15 is 0 Å². The van der Waals surface area contributed by atoms with Crippen LogP contribution >= 0.6 is 0 Å². The minimum absolute atomic E-state index is 0.000331. The van der Waals surface area contributed by atoms with Crippen molar-refractivity contribution in [2.75, 3.05) is 6.54 Å². The van der Waals surface area contributed by atoms with Gasteiger partial charge in [0, 0.05) is 55.9 Å². The van der Waals surface area contributed by atoms with Crippen LogP contribution in [0.15, 0.2) is 85.7 Å². The Morgan fingerprint density at radius 2 is 0.904 bits per heavy atom. The second-order valence-electron chi connectivity index (χ2n) is 21.6. The van der Waals surface area contributed by atoms with Crippen molar-refractivity contribution in [2.45, 2.75) is 160 Å². The summed E-state index contributed by atoms with van der Waals surface area (Å²) in [6.45, 7) is 10.7. The second kappa shape index (κ2) is 34.0. The van der Waals surface area contributed by atoms with E-state index in [2.05, 4.69) is 62.5 Å². The minimum atomic E-state index is -1.53. The van der Waals surface area contributed by atoms with Crippen LogP contribution in [0.2, 0.25) is 0 Å². The van der Waals surface area contributed by atoms with E-state index in [0.29, 0.717) is 35.4 Å². The number of amides is 9. The number of hydrogen-bond donors (Lipinski definition) is 14. The number of rotatable bonds is 36. The number of primary amides is 1. The summed E-state index contributed by atoms with van der Waals surface area (Å²) < 4.78 is 0. The van der Waals surface area contributed by atoms with E-state index in [1.165, 1.54) is 25.0 Å². The van der Waals surface area contributed by atoms with Crippen molar-refractivity contribution < 1.29 is 53.1 Å². The molecule has 9 amide bonds. The summed E-state index contributed by atoms with van der Waals surface area (Å²) in [4.78, 5) is 151. The Morgan fingerprint density at radius 3 is 1.34 bits per heavy atom. The maximum atomic E-state index is 14.5. The number of aliphatic carboxylic acids is 1. The molecule has 2 heterocycles. The van der Waals surface area contributed by atoms with Crippen LogP contribution in [0.1, 0.15) is 103 Å². The summed E-state index contributed by atoms with van der Waals surface area (Å²) in [7, 11) is 0. The number of hydrogen-bond acceptors (Lipinski definition) is 14. The number of carbonyl (C=O) groups is 10. The molecule has 26 nitrogen and oxygen atoms in total. The standard InChI is InChI=1S/C57H83N15O11/c1-32(2)23-41(54(79)72-48(34(5)6)56(81)70-42(24-35-15-9-7-10-16-35)51(76)71-45(57(82)83)25-36-17-11-8-12-18-36)67-49(74)39(19-13-14-22-58)65-50(75)40(20-21-46(59)73)66-52(77)43(26-37-28-61-30-63-37)68-53(78)44(27-38-29-62-31-64-38)69-55(80)47(60)33(3)4/h7-12,15-18,28-34,39-45,47-48H,13-14,19-27,58,60H2,1-6H3,(H2,59,73)(H,61,63)(H,62,64)(H,65,75)(H,66,77)(H,67,74)(H,68,78)(H,69,80)(H,70,81)(H,71,76)(H,72,79)(H,82,83)/t39-,40-,41-,42-,43-,44-,45-,47-,48-/m0/s1. The number of unbranched alkanes of at least 4 members (excludes halogenated alkanes) is 1. The number of carboxylic acid groups (broad SMARTS) is 1. The first-order chi connectivity index (χ1) is 39.4. The fourth-order valence-electron chi connectivity index (χ4n) is 8.76. The smallest absolute Gasteiger partial charge is 0.326 e. The highest BCUT2D eigenvalue weighted by Gasteiger charge is 2.37. The summed E-state index contributed by atoms with van der Waals surface area (Å²) in [5, 5.41) is 31.5. The van der Waals surface area contributed by atoms with Gasteiger partial charge >= 0.3 is 5.97 Å². The highest BCUT2D eigenvalue weighted by atomic mass is 16.4. The Balaban J connectivity index is 1.57. The molecule has 4 rings (SSSR count). The summed E-state index contributed by atoms with van der Waals surface area (Å²) in [6.07, 6.45) is 5.36. The van der Waals surface area contributed by atoms with Crippen molar-refractivity contribution >= 4 is 59.1 Å².